The van der Waals surface area contributed by atoms with Gasteiger partial charge in [-0.3, -0.25) is 9.88 Å². The number of amides is 1. The summed E-state index contributed by atoms with van der Waals surface area (Å²) in [7, 11) is 0. The maximum absolute atomic E-state index is 12.3. The third kappa shape index (κ3) is 3.49. The van der Waals surface area contributed by atoms with E-state index in [9.17, 15) is 4.79 Å². The minimum absolute atomic E-state index is 0.0486. The number of carbonyl (C=O) groups is 1. The molecule has 25 heavy (non-hydrogen) atoms. The van der Waals surface area contributed by atoms with E-state index < -0.39 is 0 Å². The minimum Gasteiger partial charge on any atom is -0.447 e. The van der Waals surface area contributed by atoms with Gasteiger partial charge in [0.1, 0.15) is 6.61 Å². The van der Waals surface area contributed by atoms with Crippen LogP contribution in [-0.2, 0) is 11.2 Å². The molecule has 1 N–H and O–H groups in total. The highest BCUT2D eigenvalue weighted by Crippen LogP contribution is 2.27. The fourth-order valence-corrected chi connectivity index (χ4v) is 3.58. The summed E-state index contributed by atoms with van der Waals surface area (Å²) >= 11 is 0. The summed E-state index contributed by atoms with van der Waals surface area (Å²) in [5.41, 5.74) is 2.15. The molecule has 6 heteroatoms. The highest BCUT2D eigenvalue weighted by molar-refractivity contribution is 5.89. The molecule has 2 aliphatic heterocycles. The molecule has 2 saturated heterocycles. The van der Waals surface area contributed by atoms with Gasteiger partial charge in [0, 0.05) is 12.1 Å². The number of ether oxygens (including phenoxy) is 1. The van der Waals surface area contributed by atoms with E-state index in [1.807, 2.05) is 24.4 Å². The molecule has 2 fully saturated rings. The van der Waals surface area contributed by atoms with E-state index in [-0.39, 0.29) is 12.1 Å². The van der Waals surface area contributed by atoms with E-state index in [1.54, 1.807) is 11.1 Å². The van der Waals surface area contributed by atoms with Gasteiger partial charge in [0.05, 0.1) is 17.9 Å². The summed E-state index contributed by atoms with van der Waals surface area (Å²) in [6, 6.07) is 10.1. The zero-order valence-corrected chi connectivity index (χ0v) is 14.1. The van der Waals surface area contributed by atoms with Gasteiger partial charge in [0.25, 0.3) is 0 Å². The van der Waals surface area contributed by atoms with Crippen molar-refractivity contribution in [3.8, 4) is 0 Å². The van der Waals surface area contributed by atoms with Gasteiger partial charge >= 0.3 is 6.09 Å². The van der Waals surface area contributed by atoms with Crippen molar-refractivity contribution < 1.29 is 9.53 Å². The van der Waals surface area contributed by atoms with E-state index in [0.29, 0.717) is 18.3 Å². The quantitative estimate of drug-likeness (QED) is 0.928. The van der Waals surface area contributed by atoms with Gasteiger partial charge in [0.2, 0.25) is 0 Å². The Bertz CT molecular complexity index is 731. The number of nitrogens with zero attached hydrogens (tertiary/aromatic N) is 3. The van der Waals surface area contributed by atoms with Gasteiger partial charge in [-0.15, -0.1) is 0 Å². The number of hydrogen-bond donors (Lipinski definition) is 1. The van der Waals surface area contributed by atoms with Crippen LogP contribution in [-0.4, -0.2) is 41.8 Å². The van der Waals surface area contributed by atoms with Crippen LogP contribution in [0.5, 0.6) is 0 Å². The van der Waals surface area contributed by atoms with Crippen LogP contribution < -0.4 is 10.2 Å². The third-order valence-corrected chi connectivity index (χ3v) is 4.92. The minimum atomic E-state index is -0.335. The molecule has 0 aliphatic carbocycles. The number of carbonyl (C=O) groups excluding carboxylic acids is 1. The van der Waals surface area contributed by atoms with E-state index >= 15 is 0 Å². The van der Waals surface area contributed by atoms with Crippen molar-refractivity contribution in [2.45, 2.75) is 31.2 Å². The van der Waals surface area contributed by atoms with Crippen molar-refractivity contribution in [1.29, 1.82) is 0 Å². The number of benzene rings is 1. The second-order valence-electron chi connectivity index (χ2n) is 6.62. The maximum atomic E-state index is 12.3. The molecule has 130 valence electrons. The normalized spacial score (nSPS) is 21.4. The third-order valence-electron chi connectivity index (χ3n) is 4.92. The van der Waals surface area contributed by atoms with Gasteiger partial charge in [-0.2, -0.15) is 0 Å². The van der Waals surface area contributed by atoms with Crippen LogP contribution in [0, 0.1) is 0 Å². The molecule has 0 unspecified atom stereocenters. The van der Waals surface area contributed by atoms with Crippen molar-refractivity contribution >= 4 is 11.9 Å². The van der Waals surface area contributed by atoms with Crippen LogP contribution in [0.25, 0.3) is 0 Å². The Morgan fingerprint density at radius 2 is 1.96 bits per heavy atom. The van der Waals surface area contributed by atoms with Gasteiger partial charge in [-0.05, 0) is 37.9 Å². The van der Waals surface area contributed by atoms with Gasteiger partial charge < -0.3 is 10.1 Å². The number of piperidine rings is 1. The highest BCUT2D eigenvalue weighted by Gasteiger charge is 2.35. The Kier molecular flexibility index (Phi) is 4.61. The topological polar surface area (TPSA) is 67.3 Å². The second-order valence-corrected chi connectivity index (χ2v) is 6.62. The van der Waals surface area contributed by atoms with E-state index in [1.165, 1.54) is 5.56 Å². The first-order chi connectivity index (χ1) is 12.3. The number of hydrogen-bond acceptors (Lipinski definition) is 5. The molecular formula is C19H22N4O2. The van der Waals surface area contributed by atoms with Crippen LogP contribution in [0.4, 0.5) is 10.6 Å². The Morgan fingerprint density at radius 1 is 1.16 bits per heavy atom. The lowest BCUT2D eigenvalue weighted by atomic mass is 9.95. The zero-order valence-electron chi connectivity index (χ0n) is 14.1. The molecule has 1 amide bonds. The van der Waals surface area contributed by atoms with Crippen molar-refractivity contribution in [1.82, 2.24) is 15.3 Å². The summed E-state index contributed by atoms with van der Waals surface area (Å²) in [5, 5.41) is 3.36. The highest BCUT2D eigenvalue weighted by atomic mass is 16.6. The molecule has 1 aromatic carbocycles. The molecule has 1 atom stereocenters. The SMILES string of the molecule is O=C1OC[C@@H](Cc2ccccc2)N1c1cncc(C2CCNCC2)n1. The van der Waals surface area contributed by atoms with E-state index in [4.69, 9.17) is 9.72 Å². The number of anilines is 1. The van der Waals surface area contributed by atoms with Crippen molar-refractivity contribution in [2.24, 2.45) is 0 Å². The fourth-order valence-electron chi connectivity index (χ4n) is 3.58. The molecule has 0 radical (unpaired) electrons. The number of nitrogens with one attached hydrogen (secondary N) is 1. The molecule has 1 aromatic heterocycles. The largest absolute Gasteiger partial charge is 0.447 e. The van der Waals surface area contributed by atoms with Crippen LogP contribution in [0.15, 0.2) is 42.7 Å². The summed E-state index contributed by atoms with van der Waals surface area (Å²) < 4.78 is 5.30. The second kappa shape index (κ2) is 7.19. The van der Waals surface area contributed by atoms with Crippen LogP contribution in [0.3, 0.4) is 0 Å². The molecule has 2 aliphatic rings. The lowest BCUT2D eigenvalue weighted by molar-refractivity contribution is 0.178. The van der Waals surface area contributed by atoms with Gasteiger partial charge in [-0.25, -0.2) is 9.78 Å². The number of cyclic esters (lactones) is 1. The lowest BCUT2D eigenvalue weighted by Crippen LogP contribution is -2.36. The monoisotopic (exact) mass is 338 g/mol. The number of aromatic nitrogens is 2. The van der Waals surface area contributed by atoms with Crippen molar-refractivity contribution in [2.75, 3.05) is 24.6 Å². The maximum Gasteiger partial charge on any atom is 0.415 e. The van der Waals surface area contributed by atoms with E-state index in [0.717, 1.165) is 38.0 Å². The van der Waals surface area contributed by atoms with Gasteiger partial charge in [-0.1, -0.05) is 30.3 Å². The first kappa shape index (κ1) is 16.0. The molecule has 3 heterocycles. The van der Waals surface area contributed by atoms with Gasteiger partial charge in [0.15, 0.2) is 5.82 Å². The van der Waals surface area contributed by atoms with E-state index in [2.05, 4.69) is 22.4 Å². The van der Waals surface area contributed by atoms with Crippen molar-refractivity contribution in [3.05, 3.63) is 54.0 Å². The average Bonchev–Trinajstić information content (AvgIpc) is 3.03. The summed E-state index contributed by atoms with van der Waals surface area (Å²) in [6.07, 6.45) is 6.00. The number of rotatable bonds is 4. The standard InChI is InChI=1S/C19H22N4O2/c24-19-23(16(13-25-19)10-14-4-2-1-3-5-14)18-12-21-11-17(22-18)15-6-8-20-9-7-15/h1-5,11-12,15-16,20H,6-10,13H2/t16-/m1/s1. The summed E-state index contributed by atoms with van der Waals surface area (Å²) in [4.78, 5) is 23.0. The van der Waals surface area contributed by atoms with Crippen LogP contribution in [0.2, 0.25) is 0 Å². The first-order valence-electron chi connectivity index (χ1n) is 8.84. The summed E-state index contributed by atoms with van der Waals surface area (Å²) in [6.45, 7) is 2.38. The molecule has 6 nitrogen and oxygen atoms in total. The Morgan fingerprint density at radius 3 is 2.76 bits per heavy atom. The fraction of sp³-hybridized carbons (Fsp3) is 0.421. The lowest BCUT2D eigenvalue weighted by Gasteiger charge is -2.24. The summed E-state index contributed by atoms with van der Waals surface area (Å²) in [5.74, 6) is 0.999. The molecule has 0 bridgehead atoms. The molecule has 0 saturated carbocycles. The molecule has 2 aromatic rings. The Balaban J connectivity index is 1.57. The Labute approximate surface area is 147 Å². The molecular weight excluding hydrogens is 316 g/mol. The molecule has 4 rings (SSSR count). The van der Waals surface area contributed by atoms with Crippen molar-refractivity contribution in [3.63, 3.8) is 0 Å². The predicted octanol–water partition coefficient (Wildman–Crippen LogP) is 2.51. The average molecular weight is 338 g/mol. The predicted molar refractivity (Wildman–Crippen MR) is 94.6 cm³/mol. The van der Waals surface area contributed by atoms with Crippen LogP contribution >= 0.6 is 0 Å². The smallest absolute Gasteiger partial charge is 0.415 e. The zero-order chi connectivity index (χ0) is 17.1. The molecule has 0 spiro atoms. The van der Waals surface area contributed by atoms with Crippen LogP contribution in [0.1, 0.15) is 30.0 Å². The first-order valence-corrected chi connectivity index (χ1v) is 8.84. The Hall–Kier alpha value is -2.47.